The molecule has 0 bridgehead atoms. The van der Waals surface area contributed by atoms with Gasteiger partial charge in [-0.1, -0.05) is 30.3 Å². The van der Waals surface area contributed by atoms with E-state index in [1.807, 2.05) is 36.4 Å². The Morgan fingerprint density at radius 1 is 1.13 bits per heavy atom. The van der Waals surface area contributed by atoms with E-state index in [0.717, 1.165) is 24.1 Å². The number of hydrogen-bond donors (Lipinski definition) is 2. The molecule has 1 aliphatic heterocycles. The molecule has 2 heterocycles. The summed E-state index contributed by atoms with van der Waals surface area (Å²) in [4.78, 5) is 14.0. The molecule has 2 amide bonds. The Balaban J connectivity index is 1.59. The summed E-state index contributed by atoms with van der Waals surface area (Å²) in [6.07, 6.45) is 1.67. The van der Waals surface area contributed by atoms with Gasteiger partial charge < -0.3 is 10.0 Å². The van der Waals surface area contributed by atoms with E-state index in [9.17, 15) is 4.79 Å². The molecule has 2 N–H and O–H groups in total. The van der Waals surface area contributed by atoms with Crippen molar-refractivity contribution in [3.05, 3.63) is 42.5 Å². The van der Waals surface area contributed by atoms with Crippen molar-refractivity contribution in [2.24, 2.45) is 5.92 Å². The number of piperidine rings is 1. The summed E-state index contributed by atoms with van der Waals surface area (Å²) in [5.74, 6) is 0.753. The zero-order chi connectivity index (χ0) is 16.1. The van der Waals surface area contributed by atoms with Crippen LogP contribution in [-0.2, 0) is 0 Å². The van der Waals surface area contributed by atoms with Crippen LogP contribution in [0.5, 0.6) is 0 Å². The number of nitrogens with zero attached hydrogens (tertiary/aromatic N) is 3. The first-order valence-electron chi connectivity index (χ1n) is 7.82. The van der Waals surface area contributed by atoms with Gasteiger partial charge in [0.25, 0.3) is 0 Å². The minimum Gasteiger partial charge on any atom is -0.396 e. The number of nitrogens with one attached hydrogen (secondary N) is 1. The van der Waals surface area contributed by atoms with Crippen LogP contribution in [0.1, 0.15) is 12.8 Å². The molecule has 6 nitrogen and oxygen atoms in total. The summed E-state index contributed by atoms with van der Waals surface area (Å²) in [5.41, 5.74) is 1.76. The third-order valence-corrected chi connectivity index (χ3v) is 4.13. The van der Waals surface area contributed by atoms with Gasteiger partial charge >= 0.3 is 6.03 Å². The summed E-state index contributed by atoms with van der Waals surface area (Å²) in [7, 11) is 0. The summed E-state index contributed by atoms with van der Waals surface area (Å²) in [6, 6.07) is 13.2. The van der Waals surface area contributed by atoms with Gasteiger partial charge in [0.15, 0.2) is 5.82 Å². The molecule has 0 atom stereocenters. The zero-order valence-electron chi connectivity index (χ0n) is 12.9. The monoisotopic (exact) mass is 312 g/mol. The summed E-state index contributed by atoms with van der Waals surface area (Å²) >= 11 is 0. The lowest BCUT2D eigenvalue weighted by atomic mass is 9.98. The second-order valence-electron chi connectivity index (χ2n) is 5.71. The first kappa shape index (κ1) is 15.4. The summed E-state index contributed by atoms with van der Waals surface area (Å²) in [5, 5.41) is 20.1. The molecule has 1 fully saturated rings. The lowest BCUT2D eigenvalue weighted by Gasteiger charge is -2.30. The van der Waals surface area contributed by atoms with Crippen molar-refractivity contribution >= 4 is 11.8 Å². The average molecular weight is 312 g/mol. The van der Waals surface area contributed by atoms with Gasteiger partial charge in [-0.2, -0.15) is 0 Å². The SMILES string of the molecule is O=C(Nc1ccc(-c2ccccc2)nn1)N1CCC(CO)CC1. The number of aliphatic hydroxyl groups is 1. The van der Waals surface area contributed by atoms with Crippen molar-refractivity contribution in [1.82, 2.24) is 15.1 Å². The smallest absolute Gasteiger partial charge is 0.323 e. The van der Waals surface area contributed by atoms with E-state index in [1.54, 1.807) is 11.0 Å². The Hall–Kier alpha value is -2.47. The topological polar surface area (TPSA) is 78.4 Å². The fourth-order valence-electron chi connectivity index (χ4n) is 2.67. The number of aromatic nitrogens is 2. The lowest BCUT2D eigenvalue weighted by molar-refractivity contribution is 0.143. The van der Waals surface area contributed by atoms with Crippen LogP contribution in [0.2, 0.25) is 0 Å². The van der Waals surface area contributed by atoms with Gasteiger partial charge in [-0.05, 0) is 30.9 Å². The maximum atomic E-state index is 12.2. The second kappa shape index (κ2) is 7.19. The summed E-state index contributed by atoms with van der Waals surface area (Å²) in [6.45, 7) is 1.51. The molecule has 1 aromatic carbocycles. The minimum absolute atomic E-state index is 0.164. The van der Waals surface area contributed by atoms with E-state index in [2.05, 4.69) is 15.5 Å². The maximum Gasteiger partial charge on any atom is 0.323 e. The van der Waals surface area contributed by atoms with Crippen molar-refractivity contribution in [1.29, 1.82) is 0 Å². The molecule has 1 aromatic heterocycles. The third-order valence-electron chi connectivity index (χ3n) is 4.13. The fourth-order valence-corrected chi connectivity index (χ4v) is 2.67. The largest absolute Gasteiger partial charge is 0.396 e. The molecule has 0 radical (unpaired) electrons. The van der Waals surface area contributed by atoms with Crippen LogP contribution in [0.15, 0.2) is 42.5 Å². The molecule has 0 spiro atoms. The van der Waals surface area contributed by atoms with E-state index in [0.29, 0.717) is 24.8 Å². The molecular weight excluding hydrogens is 292 g/mol. The Labute approximate surface area is 135 Å². The fraction of sp³-hybridized carbons (Fsp3) is 0.353. The molecule has 0 unspecified atom stereocenters. The highest BCUT2D eigenvalue weighted by molar-refractivity contribution is 5.88. The van der Waals surface area contributed by atoms with Crippen LogP contribution in [0, 0.1) is 5.92 Å². The molecule has 2 aromatic rings. The van der Waals surface area contributed by atoms with Gasteiger partial charge in [0.05, 0.1) is 5.69 Å². The van der Waals surface area contributed by atoms with Crippen molar-refractivity contribution < 1.29 is 9.90 Å². The highest BCUT2D eigenvalue weighted by Crippen LogP contribution is 2.18. The Kier molecular flexibility index (Phi) is 4.83. The molecule has 23 heavy (non-hydrogen) atoms. The molecule has 6 heteroatoms. The predicted molar refractivity (Wildman–Crippen MR) is 87.9 cm³/mol. The quantitative estimate of drug-likeness (QED) is 0.912. The normalized spacial score (nSPS) is 15.4. The van der Waals surface area contributed by atoms with Gasteiger partial charge in [-0.3, -0.25) is 5.32 Å². The average Bonchev–Trinajstić information content (AvgIpc) is 2.63. The molecule has 0 aliphatic carbocycles. The number of anilines is 1. The van der Waals surface area contributed by atoms with E-state index >= 15 is 0 Å². The van der Waals surface area contributed by atoms with Crippen LogP contribution >= 0.6 is 0 Å². The van der Waals surface area contributed by atoms with Crippen LogP contribution < -0.4 is 5.32 Å². The highest BCUT2D eigenvalue weighted by Gasteiger charge is 2.22. The summed E-state index contributed by atoms with van der Waals surface area (Å²) < 4.78 is 0. The first-order valence-corrected chi connectivity index (χ1v) is 7.82. The van der Waals surface area contributed by atoms with Gasteiger partial charge in [0.1, 0.15) is 0 Å². The number of urea groups is 1. The number of carbonyl (C=O) groups is 1. The lowest BCUT2D eigenvalue weighted by Crippen LogP contribution is -2.41. The van der Waals surface area contributed by atoms with Crippen LogP contribution in [-0.4, -0.2) is 45.9 Å². The van der Waals surface area contributed by atoms with Gasteiger partial charge in [0.2, 0.25) is 0 Å². The molecule has 1 saturated heterocycles. The van der Waals surface area contributed by atoms with Gasteiger partial charge in [-0.15, -0.1) is 10.2 Å². The Morgan fingerprint density at radius 2 is 1.87 bits per heavy atom. The number of carbonyl (C=O) groups excluding carboxylic acids is 1. The number of amides is 2. The van der Waals surface area contributed by atoms with E-state index in [-0.39, 0.29) is 12.6 Å². The van der Waals surface area contributed by atoms with Crippen LogP contribution in [0.25, 0.3) is 11.3 Å². The van der Waals surface area contributed by atoms with E-state index < -0.39 is 0 Å². The maximum absolute atomic E-state index is 12.2. The Morgan fingerprint density at radius 3 is 2.48 bits per heavy atom. The van der Waals surface area contributed by atoms with E-state index in [4.69, 9.17) is 5.11 Å². The third kappa shape index (κ3) is 3.84. The van der Waals surface area contributed by atoms with Gasteiger partial charge in [-0.25, -0.2) is 4.79 Å². The van der Waals surface area contributed by atoms with Gasteiger partial charge in [0, 0.05) is 25.3 Å². The number of likely N-dealkylation sites (tertiary alicyclic amines) is 1. The molecular formula is C17H20N4O2. The number of hydrogen-bond acceptors (Lipinski definition) is 4. The van der Waals surface area contributed by atoms with E-state index in [1.165, 1.54) is 0 Å². The molecule has 0 saturated carbocycles. The molecule has 1 aliphatic rings. The predicted octanol–water partition coefficient (Wildman–Crippen LogP) is 2.38. The number of rotatable bonds is 3. The minimum atomic E-state index is -0.164. The highest BCUT2D eigenvalue weighted by atomic mass is 16.3. The molecule has 120 valence electrons. The van der Waals surface area contributed by atoms with Crippen molar-refractivity contribution in [3.8, 4) is 11.3 Å². The van der Waals surface area contributed by atoms with Crippen LogP contribution in [0.3, 0.4) is 0 Å². The second-order valence-corrected chi connectivity index (χ2v) is 5.71. The van der Waals surface area contributed by atoms with Crippen molar-refractivity contribution in [2.75, 3.05) is 25.0 Å². The zero-order valence-corrected chi connectivity index (χ0v) is 12.9. The first-order chi connectivity index (χ1) is 11.3. The molecule has 3 rings (SSSR count). The van der Waals surface area contributed by atoms with Crippen molar-refractivity contribution in [3.63, 3.8) is 0 Å². The van der Waals surface area contributed by atoms with Crippen LogP contribution in [0.4, 0.5) is 10.6 Å². The number of aliphatic hydroxyl groups excluding tert-OH is 1. The standard InChI is InChI=1S/C17H20N4O2/c22-12-13-8-10-21(11-9-13)17(23)18-16-7-6-15(19-20-16)14-4-2-1-3-5-14/h1-7,13,22H,8-12H2,(H,18,20,23). The Bertz CT molecular complexity index is 637. The van der Waals surface area contributed by atoms with Crippen molar-refractivity contribution in [2.45, 2.75) is 12.8 Å². The number of benzene rings is 1.